The molecule has 0 aliphatic carbocycles. The Bertz CT molecular complexity index is 783. The monoisotopic (exact) mass is 373 g/mol. The van der Waals surface area contributed by atoms with Crippen LogP contribution in [0.3, 0.4) is 0 Å². The molecular formula is C18H23N5O4. The number of piperidine rings is 1. The van der Waals surface area contributed by atoms with Crippen LogP contribution in [0.4, 0.5) is 4.79 Å². The van der Waals surface area contributed by atoms with Gasteiger partial charge in [0.15, 0.2) is 0 Å². The minimum absolute atomic E-state index is 0.395. The lowest BCUT2D eigenvalue weighted by atomic mass is 10.0. The van der Waals surface area contributed by atoms with E-state index in [0.29, 0.717) is 18.7 Å². The van der Waals surface area contributed by atoms with E-state index in [4.69, 9.17) is 9.47 Å². The van der Waals surface area contributed by atoms with Crippen LogP contribution in [-0.4, -0.2) is 55.4 Å². The normalized spacial score (nSPS) is 17.4. The molecule has 1 atom stereocenters. The summed E-state index contributed by atoms with van der Waals surface area (Å²) in [7, 11) is 0. The first-order valence-electron chi connectivity index (χ1n) is 8.88. The average Bonchev–Trinajstić information content (AvgIpc) is 3.15. The number of rotatable bonds is 3. The lowest BCUT2D eigenvalue weighted by Gasteiger charge is -2.35. The van der Waals surface area contributed by atoms with Crippen LogP contribution in [0.5, 0.6) is 5.75 Å². The van der Waals surface area contributed by atoms with Gasteiger partial charge in [0.2, 0.25) is 0 Å². The summed E-state index contributed by atoms with van der Waals surface area (Å²) in [4.78, 5) is 26.5. The number of ether oxygens (including phenoxy) is 2. The van der Waals surface area contributed by atoms with Crippen molar-refractivity contribution < 1.29 is 19.1 Å². The molecule has 1 saturated heterocycles. The first kappa shape index (κ1) is 18.8. The van der Waals surface area contributed by atoms with E-state index in [2.05, 4.69) is 15.5 Å². The van der Waals surface area contributed by atoms with E-state index >= 15 is 0 Å². The fourth-order valence-corrected chi connectivity index (χ4v) is 2.85. The number of aromatic nitrogens is 4. The molecule has 0 N–H and O–H groups in total. The maximum absolute atomic E-state index is 12.7. The third-order valence-corrected chi connectivity index (χ3v) is 4.07. The minimum atomic E-state index is -0.646. The van der Waals surface area contributed by atoms with Crippen LogP contribution in [0, 0.1) is 0 Å². The molecule has 0 radical (unpaired) electrons. The summed E-state index contributed by atoms with van der Waals surface area (Å²) in [5.74, 6) is -0.0673. The highest BCUT2D eigenvalue weighted by atomic mass is 16.6. The van der Waals surface area contributed by atoms with E-state index in [-0.39, 0.29) is 0 Å². The molecule has 0 unspecified atom stereocenters. The van der Waals surface area contributed by atoms with Crippen molar-refractivity contribution in [1.29, 1.82) is 0 Å². The standard InChI is InChI=1S/C18H23N5O4/c1-18(2,3)27-17(25)22-11-5-4-6-15(22)16(24)26-14-9-7-13(8-10-14)23-12-19-20-21-23/h7-10,12,15H,4-6,11H2,1-3H3/t15-/m1/s1. The van der Waals surface area contributed by atoms with Gasteiger partial charge in [0.1, 0.15) is 23.7 Å². The molecule has 9 nitrogen and oxygen atoms in total. The predicted molar refractivity (Wildman–Crippen MR) is 95.4 cm³/mol. The zero-order valence-corrected chi connectivity index (χ0v) is 15.7. The predicted octanol–water partition coefficient (Wildman–Crippen LogP) is 2.36. The van der Waals surface area contributed by atoms with Crippen LogP contribution in [0.15, 0.2) is 30.6 Å². The third-order valence-electron chi connectivity index (χ3n) is 4.07. The molecule has 0 bridgehead atoms. The highest BCUT2D eigenvalue weighted by Crippen LogP contribution is 2.23. The molecule has 0 saturated carbocycles. The van der Waals surface area contributed by atoms with Gasteiger partial charge in [-0.25, -0.2) is 14.3 Å². The van der Waals surface area contributed by atoms with E-state index in [1.54, 1.807) is 45.0 Å². The number of tetrazole rings is 1. The number of esters is 1. The number of likely N-dealkylation sites (tertiary alicyclic amines) is 1. The Hall–Kier alpha value is -2.97. The Morgan fingerprint density at radius 3 is 2.52 bits per heavy atom. The van der Waals surface area contributed by atoms with Crippen molar-refractivity contribution in [2.45, 2.75) is 51.7 Å². The van der Waals surface area contributed by atoms with Crippen molar-refractivity contribution in [2.24, 2.45) is 0 Å². The number of nitrogens with zero attached hydrogens (tertiary/aromatic N) is 5. The molecule has 2 aromatic rings. The Kier molecular flexibility index (Phi) is 5.38. The summed E-state index contributed by atoms with van der Waals surface area (Å²) in [6.07, 6.45) is 3.24. The first-order valence-corrected chi connectivity index (χ1v) is 8.88. The quantitative estimate of drug-likeness (QED) is 0.601. The van der Waals surface area contributed by atoms with Crippen molar-refractivity contribution in [3.8, 4) is 11.4 Å². The van der Waals surface area contributed by atoms with Crippen molar-refractivity contribution in [3.05, 3.63) is 30.6 Å². The van der Waals surface area contributed by atoms with E-state index in [1.165, 1.54) is 15.9 Å². The zero-order valence-electron chi connectivity index (χ0n) is 15.7. The smallest absolute Gasteiger partial charge is 0.411 e. The minimum Gasteiger partial charge on any atom is -0.444 e. The summed E-state index contributed by atoms with van der Waals surface area (Å²) in [6.45, 7) is 5.88. The summed E-state index contributed by atoms with van der Waals surface area (Å²) >= 11 is 0. The molecule has 27 heavy (non-hydrogen) atoms. The van der Waals surface area contributed by atoms with Crippen molar-refractivity contribution in [2.75, 3.05) is 6.54 Å². The van der Waals surface area contributed by atoms with Crippen LogP contribution in [-0.2, 0) is 9.53 Å². The Balaban J connectivity index is 1.67. The van der Waals surface area contributed by atoms with Crippen LogP contribution in [0.1, 0.15) is 40.0 Å². The topological polar surface area (TPSA) is 99.4 Å². The number of benzene rings is 1. The molecule has 144 valence electrons. The van der Waals surface area contributed by atoms with Gasteiger partial charge in [-0.05, 0) is 74.7 Å². The number of carbonyl (C=O) groups excluding carboxylic acids is 2. The molecule has 1 aliphatic rings. The van der Waals surface area contributed by atoms with Crippen molar-refractivity contribution in [3.63, 3.8) is 0 Å². The molecule has 3 rings (SSSR count). The molecule has 1 fully saturated rings. The number of amides is 1. The molecule has 0 spiro atoms. The van der Waals surface area contributed by atoms with Gasteiger partial charge in [0, 0.05) is 6.54 Å². The molecular weight excluding hydrogens is 350 g/mol. The van der Waals surface area contributed by atoms with E-state index in [1.807, 2.05) is 0 Å². The summed E-state index contributed by atoms with van der Waals surface area (Å²) in [5.41, 5.74) is 0.127. The van der Waals surface area contributed by atoms with Gasteiger partial charge < -0.3 is 9.47 Å². The summed E-state index contributed by atoms with van der Waals surface area (Å²) in [6, 6.07) is 6.16. The Morgan fingerprint density at radius 2 is 1.89 bits per heavy atom. The number of carbonyl (C=O) groups is 2. The lowest BCUT2D eigenvalue weighted by molar-refractivity contribution is -0.141. The molecule has 1 aromatic carbocycles. The van der Waals surface area contributed by atoms with E-state index < -0.39 is 23.7 Å². The van der Waals surface area contributed by atoms with Gasteiger partial charge in [-0.3, -0.25) is 4.90 Å². The van der Waals surface area contributed by atoms with Crippen LogP contribution in [0.2, 0.25) is 0 Å². The van der Waals surface area contributed by atoms with Crippen LogP contribution >= 0.6 is 0 Å². The van der Waals surface area contributed by atoms with Gasteiger partial charge in [-0.1, -0.05) is 0 Å². The average molecular weight is 373 g/mol. The SMILES string of the molecule is CC(C)(C)OC(=O)N1CCCC[C@@H]1C(=O)Oc1ccc(-n2cnnn2)cc1. The number of hydrogen-bond acceptors (Lipinski definition) is 7. The zero-order chi connectivity index (χ0) is 19.4. The second-order valence-corrected chi connectivity index (χ2v) is 7.35. The van der Waals surface area contributed by atoms with Gasteiger partial charge in [-0.15, -0.1) is 5.10 Å². The molecule has 2 heterocycles. The first-order chi connectivity index (χ1) is 12.8. The largest absolute Gasteiger partial charge is 0.444 e. The van der Waals surface area contributed by atoms with Crippen molar-refractivity contribution >= 4 is 12.1 Å². The number of hydrogen-bond donors (Lipinski definition) is 0. The fourth-order valence-electron chi connectivity index (χ4n) is 2.85. The van der Waals surface area contributed by atoms with E-state index in [0.717, 1.165) is 18.5 Å². The Morgan fingerprint density at radius 1 is 1.15 bits per heavy atom. The molecule has 1 amide bonds. The maximum Gasteiger partial charge on any atom is 0.411 e. The van der Waals surface area contributed by atoms with Gasteiger partial charge in [0.25, 0.3) is 0 Å². The Labute approximate surface area is 157 Å². The molecule has 9 heteroatoms. The summed E-state index contributed by atoms with van der Waals surface area (Å²) in [5, 5.41) is 11.0. The third kappa shape index (κ3) is 4.81. The van der Waals surface area contributed by atoms with Crippen molar-refractivity contribution in [1.82, 2.24) is 25.1 Å². The van der Waals surface area contributed by atoms with E-state index in [9.17, 15) is 9.59 Å². The van der Waals surface area contributed by atoms with Crippen LogP contribution < -0.4 is 4.74 Å². The highest BCUT2D eigenvalue weighted by molar-refractivity contribution is 5.83. The van der Waals surface area contributed by atoms with Crippen LogP contribution in [0.25, 0.3) is 5.69 Å². The fraction of sp³-hybridized carbons (Fsp3) is 0.500. The second-order valence-electron chi connectivity index (χ2n) is 7.35. The van der Waals surface area contributed by atoms with Gasteiger partial charge >= 0.3 is 12.1 Å². The maximum atomic E-state index is 12.7. The molecule has 1 aromatic heterocycles. The lowest BCUT2D eigenvalue weighted by Crippen LogP contribution is -2.51. The van der Waals surface area contributed by atoms with Gasteiger partial charge in [-0.2, -0.15) is 0 Å². The van der Waals surface area contributed by atoms with Gasteiger partial charge in [0.05, 0.1) is 5.69 Å². The summed E-state index contributed by atoms with van der Waals surface area (Å²) < 4.78 is 12.4. The highest BCUT2D eigenvalue weighted by Gasteiger charge is 2.36. The second kappa shape index (κ2) is 7.73. The molecule has 1 aliphatic heterocycles.